The van der Waals surface area contributed by atoms with Crippen molar-refractivity contribution >= 4 is 11.8 Å². The molecule has 0 bridgehead atoms. The smallest absolute Gasteiger partial charge is 0.240 e. The van der Waals surface area contributed by atoms with Crippen molar-refractivity contribution in [3.05, 3.63) is 0 Å². The molecular weight excluding hydrogens is 366 g/mol. The van der Waals surface area contributed by atoms with Gasteiger partial charge in [-0.05, 0) is 81.1 Å². The van der Waals surface area contributed by atoms with Crippen molar-refractivity contribution in [3.8, 4) is 0 Å². The topological polar surface area (TPSA) is 50.3 Å². The molecule has 0 radical (unpaired) electrons. The third kappa shape index (κ3) is 10.4. The van der Waals surface area contributed by atoms with E-state index >= 15 is 0 Å². The summed E-state index contributed by atoms with van der Waals surface area (Å²) in [6, 6.07) is -0.0592. The second-order valence-corrected chi connectivity index (χ2v) is 9.10. The Morgan fingerprint density at radius 3 is 1.76 bits per heavy atom. The molecule has 0 aromatic carbocycles. The molecule has 1 saturated heterocycles. The Morgan fingerprint density at radius 1 is 0.724 bits per heavy atom. The predicted molar refractivity (Wildman–Crippen MR) is 120 cm³/mol. The van der Waals surface area contributed by atoms with E-state index in [1.54, 1.807) is 0 Å². The molecule has 0 aliphatic carbocycles. The van der Waals surface area contributed by atoms with Crippen molar-refractivity contribution in [2.45, 2.75) is 51.0 Å². The van der Waals surface area contributed by atoms with E-state index in [0.29, 0.717) is 32.6 Å². The van der Waals surface area contributed by atoms with E-state index in [1.807, 2.05) is 28.8 Å². The van der Waals surface area contributed by atoms with E-state index in [4.69, 9.17) is 0 Å². The SMILES string of the molecule is CN(C)CCCCCC(=O)N1CCN(C(=O)C(CCCCN(C)C)N(C)C)CC1. The van der Waals surface area contributed by atoms with E-state index < -0.39 is 0 Å². The lowest BCUT2D eigenvalue weighted by Gasteiger charge is -2.37. The Hall–Kier alpha value is -1.18. The predicted octanol–water partition coefficient (Wildman–Crippen LogP) is 1.44. The highest BCUT2D eigenvalue weighted by Crippen LogP contribution is 2.13. The Labute approximate surface area is 179 Å². The van der Waals surface area contributed by atoms with E-state index in [0.717, 1.165) is 51.6 Å². The first-order chi connectivity index (χ1) is 13.7. The molecule has 7 heteroatoms. The molecule has 0 spiro atoms. The van der Waals surface area contributed by atoms with Gasteiger partial charge in [0.25, 0.3) is 0 Å². The Bertz CT molecular complexity index is 474. The third-order valence-electron chi connectivity index (χ3n) is 5.68. The van der Waals surface area contributed by atoms with Gasteiger partial charge in [0.1, 0.15) is 0 Å². The quantitative estimate of drug-likeness (QED) is 0.429. The average Bonchev–Trinajstić information content (AvgIpc) is 2.66. The Balaban J connectivity index is 2.35. The number of amides is 2. The van der Waals surface area contributed by atoms with Crippen molar-refractivity contribution in [2.75, 3.05) is 81.6 Å². The Kier molecular flexibility index (Phi) is 12.4. The summed E-state index contributed by atoms with van der Waals surface area (Å²) >= 11 is 0. The van der Waals surface area contributed by atoms with Gasteiger partial charge >= 0.3 is 0 Å². The summed E-state index contributed by atoms with van der Waals surface area (Å²) in [5.41, 5.74) is 0. The van der Waals surface area contributed by atoms with E-state index in [1.165, 1.54) is 0 Å². The molecule has 1 atom stereocenters. The van der Waals surface area contributed by atoms with Gasteiger partial charge in [0.15, 0.2) is 0 Å². The summed E-state index contributed by atoms with van der Waals surface area (Å²) in [4.78, 5) is 35.8. The zero-order valence-corrected chi connectivity index (χ0v) is 19.8. The molecule has 0 saturated carbocycles. The molecule has 170 valence electrons. The summed E-state index contributed by atoms with van der Waals surface area (Å²) < 4.78 is 0. The second kappa shape index (κ2) is 13.9. The summed E-state index contributed by atoms with van der Waals surface area (Å²) in [5, 5.41) is 0. The average molecular weight is 412 g/mol. The van der Waals surface area contributed by atoms with Crippen LogP contribution < -0.4 is 0 Å². The monoisotopic (exact) mass is 411 g/mol. The van der Waals surface area contributed by atoms with Gasteiger partial charge in [0.2, 0.25) is 11.8 Å². The molecule has 1 heterocycles. The van der Waals surface area contributed by atoms with Crippen molar-refractivity contribution in [2.24, 2.45) is 0 Å². The number of hydrogen-bond acceptors (Lipinski definition) is 5. The summed E-state index contributed by atoms with van der Waals surface area (Å²) in [7, 11) is 12.3. The number of carbonyl (C=O) groups excluding carboxylic acids is 2. The molecule has 1 rings (SSSR count). The van der Waals surface area contributed by atoms with E-state index in [2.05, 4.69) is 38.0 Å². The van der Waals surface area contributed by atoms with Crippen LogP contribution in [0.1, 0.15) is 44.9 Å². The molecule has 1 unspecified atom stereocenters. The van der Waals surface area contributed by atoms with Crippen LogP contribution >= 0.6 is 0 Å². The van der Waals surface area contributed by atoms with E-state index in [-0.39, 0.29) is 17.9 Å². The van der Waals surface area contributed by atoms with Gasteiger partial charge in [-0.25, -0.2) is 0 Å². The number of unbranched alkanes of at least 4 members (excludes halogenated alkanes) is 3. The fourth-order valence-corrected chi connectivity index (χ4v) is 3.79. The molecule has 0 aromatic rings. The van der Waals surface area contributed by atoms with Crippen LogP contribution in [0.3, 0.4) is 0 Å². The number of likely N-dealkylation sites (N-methyl/N-ethyl adjacent to an activating group) is 1. The van der Waals surface area contributed by atoms with Crippen LogP contribution in [0.5, 0.6) is 0 Å². The minimum atomic E-state index is -0.0592. The van der Waals surface area contributed by atoms with Gasteiger partial charge in [-0.15, -0.1) is 0 Å². The van der Waals surface area contributed by atoms with Gasteiger partial charge in [0, 0.05) is 32.6 Å². The largest absolute Gasteiger partial charge is 0.339 e. The van der Waals surface area contributed by atoms with Crippen LogP contribution in [0.15, 0.2) is 0 Å². The first-order valence-electron chi connectivity index (χ1n) is 11.2. The fourth-order valence-electron chi connectivity index (χ4n) is 3.79. The molecular formula is C22H45N5O2. The maximum absolute atomic E-state index is 13.0. The van der Waals surface area contributed by atoms with Crippen molar-refractivity contribution in [1.82, 2.24) is 24.5 Å². The second-order valence-electron chi connectivity index (χ2n) is 9.10. The highest BCUT2D eigenvalue weighted by atomic mass is 16.2. The number of piperazine rings is 1. The molecule has 7 nitrogen and oxygen atoms in total. The number of nitrogens with zero attached hydrogens (tertiary/aromatic N) is 5. The molecule has 0 N–H and O–H groups in total. The van der Waals surface area contributed by atoms with Gasteiger partial charge in [-0.2, -0.15) is 0 Å². The van der Waals surface area contributed by atoms with Gasteiger partial charge in [0.05, 0.1) is 6.04 Å². The van der Waals surface area contributed by atoms with Crippen molar-refractivity contribution in [1.29, 1.82) is 0 Å². The summed E-state index contributed by atoms with van der Waals surface area (Å²) in [6.45, 7) is 4.80. The van der Waals surface area contributed by atoms with Crippen LogP contribution in [-0.2, 0) is 9.59 Å². The minimum Gasteiger partial charge on any atom is -0.339 e. The highest BCUT2D eigenvalue weighted by molar-refractivity contribution is 5.82. The van der Waals surface area contributed by atoms with Gasteiger partial charge in [-0.1, -0.05) is 12.8 Å². The summed E-state index contributed by atoms with van der Waals surface area (Å²) in [6.07, 6.45) is 6.89. The molecule has 1 fully saturated rings. The standard InChI is InChI=1S/C22H45N5O2/c1-23(2)14-10-7-8-13-21(28)26-16-18-27(19-17-26)22(29)20(25(5)6)12-9-11-15-24(3)4/h20H,7-19H2,1-6H3. The normalized spacial score (nSPS) is 16.2. The maximum atomic E-state index is 13.0. The highest BCUT2D eigenvalue weighted by Gasteiger charge is 2.29. The van der Waals surface area contributed by atoms with Crippen LogP contribution in [0, 0.1) is 0 Å². The van der Waals surface area contributed by atoms with Crippen LogP contribution in [0.4, 0.5) is 0 Å². The van der Waals surface area contributed by atoms with Crippen molar-refractivity contribution in [3.63, 3.8) is 0 Å². The van der Waals surface area contributed by atoms with Gasteiger partial charge < -0.3 is 19.6 Å². The number of hydrogen-bond donors (Lipinski definition) is 0. The number of rotatable bonds is 13. The molecule has 1 aliphatic rings. The van der Waals surface area contributed by atoms with Crippen LogP contribution in [0.25, 0.3) is 0 Å². The molecule has 29 heavy (non-hydrogen) atoms. The lowest BCUT2D eigenvalue weighted by molar-refractivity contribution is -0.142. The maximum Gasteiger partial charge on any atom is 0.240 e. The zero-order valence-electron chi connectivity index (χ0n) is 19.8. The lowest BCUT2D eigenvalue weighted by atomic mass is 10.1. The first kappa shape index (κ1) is 25.9. The van der Waals surface area contributed by atoms with Crippen LogP contribution in [-0.4, -0.2) is 124 Å². The fraction of sp³-hybridized carbons (Fsp3) is 0.909. The zero-order chi connectivity index (χ0) is 21.8. The molecule has 2 amide bonds. The first-order valence-corrected chi connectivity index (χ1v) is 11.2. The van der Waals surface area contributed by atoms with Gasteiger partial charge in [-0.3, -0.25) is 14.5 Å². The van der Waals surface area contributed by atoms with Crippen LogP contribution in [0.2, 0.25) is 0 Å². The Morgan fingerprint density at radius 2 is 1.24 bits per heavy atom. The summed E-state index contributed by atoms with van der Waals surface area (Å²) in [5.74, 6) is 0.463. The third-order valence-corrected chi connectivity index (χ3v) is 5.68. The number of carbonyl (C=O) groups is 2. The molecule has 0 aromatic heterocycles. The van der Waals surface area contributed by atoms with Crippen molar-refractivity contribution < 1.29 is 9.59 Å². The minimum absolute atomic E-state index is 0.0592. The lowest BCUT2D eigenvalue weighted by Crippen LogP contribution is -2.55. The van der Waals surface area contributed by atoms with E-state index in [9.17, 15) is 9.59 Å². The molecule has 1 aliphatic heterocycles.